The van der Waals surface area contributed by atoms with Crippen molar-refractivity contribution in [3.63, 3.8) is 0 Å². The Morgan fingerprint density at radius 2 is 2.17 bits per heavy atom. The third-order valence-corrected chi connectivity index (χ3v) is 4.12. The standard InChI is InChI=1S/C13H15NO3S/c15-12(16)6-3-7-14-13(17)11-8-9-4-1-2-5-10(9)18-11/h1-2,4-5,11H,3,6-8H2,(H,14,17)(H,15,16). The van der Waals surface area contributed by atoms with Gasteiger partial charge in [-0.25, -0.2) is 0 Å². The van der Waals surface area contributed by atoms with Crippen LogP contribution < -0.4 is 5.32 Å². The molecule has 1 heterocycles. The van der Waals surface area contributed by atoms with Crippen LogP contribution in [0.3, 0.4) is 0 Å². The highest BCUT2D eigenvalue weighted by Gasteiger charge is 2.27. The van der Waals surface area contributed by atoms with Crippen molar-refractivity contribution in [3.05, 3.63) is 29.8 Å². The molecule has 2 rings (SSSR count). The summed E-state index contributed by atoms with van der Waals surface area (Å²) in [5, 5.41) is 11.2. The summed E-state index contributed by atoms with van der Waals surface area (Å²) >= 11 is 1.58. The number of rotatable bonds is 5. The Morgan fingerprint density at radius 1 is 1.39 bits per heavy atom. The van der Waals surface area contributed by atoms with Gasteiger partial charge in [0, 0.05) is 17.9 Å². The number of benzene rings is 1. The Hall–Kier alpha value is -1.49. The van der Waals surface area contributed by atoms with Crippen molar-refractivity contribution in [1.82, 2.24) is 5.32 Å². The van der Waals surface area contributed by atoms with Crippen LogP contribution in [0, 0.1) is 0 Å². The summed E-state index contributed by atoms with van der Waals surface area (Å²) in [6.07, 6.45) is 1.33. The van der Waals surface area contributed by atoms with Crippen molar-refractivity contribution in [3.8, 4) is 0 Å². The van der Waals surface area contributed by atoms with Crippen molar-refractivity contribution in [2.45, 2.75) is 29.4 Å². The first kappa shape index (κ1) is 13.0. The minimum atomic E-state index is -0.827. The molecule has 0 fully saturated rings. The number of carbonyl (C=O) groups excluding carboxylic acids is 1. The van der Waals surface area contributed by atoms with Crippen LogP contribution in [0.4, 0.5) is 0 Å². The molecule has 1 aromatic rings. The largest absolute Gasteiger partial charge is 0.481 e. The zero-order valence-corrected chi connectivity index (χ0v) is 10.7. The number of thioether (sulfide) groups is 1. The topological polar surface area (TPSA) is 66.4 Å². The minimum Gasteiger partial charge on any atom is -0.481 e. The number of carbonyl (C=O) groups is 2. The van der Waals surface area contributed by atoms with Gasteiger partial charge in [0.15, 0.2) is 0 Å². The van der Waals surface area contributed by atoms with Crippen LogP contribution >= 0.6 is 11.8 Å². The maximum Gasteiger partial charge on any atom is 0.303 e. The molecule has 1 atom stereocenters. The van der Waals surface area contributed by atoms with Gasteiger partial charge in [-0.2, -0.15) is 0 Å². The van der Waals surface area contributed by atoms with E-state index in [9.17, 15) is 9.59 Å². The first-order valence-electron chi connectivity index (χ1n) is 5.91. The second kappa shape index (κ2) is 5.91. The van der Waals surface area contributed by atoms with E-state index in [1.165, 1.54) is 10.5 Å². The van der Waals surface area contributed by atoms with E-state index in [-0.39, 0.29) is 17.6 Å². The van der Waals surface area contributed by atoms with Crippen molar-refractivity contribution in [2.75, 3.05) is 6.54 Å². The summed E-state index contributed by atoms with van der Waals surface area (Å²) in [6, 6.07) is 8.02. The molecule has 0 aromatic heterocycles. The third kappa shape index (κ3) is 3.26. The zero-order valence-electron chi connectivity index (χ0n) is 9.89. The zero-order chi connectivity index (χ0) is 13.0. The lowest BCUT2D eigenvalue weighted by atomic mass is 10.1. The fraction of sp³-hybridized carbons (Fsp3) is 0.385. The predicted molar refractivity (Wildman–Crippen MR) is 69.7 cm³/mol. The van der Waals surface area contributed by atoms with E-state index >= 15 is 0 Å². The molecule has 96 valence electrons. The molecule has 1 aromatic carbocycles. The highest BCUT2D eigenvalue weighted by molar-refractivity contribution is 8.01. The molecule has 2 N–H and O–H groups in total. The lowest BCUT2D eigenvalue weighted by molar-refractivity contribution is -0.137. The number of aliphatic carboxylic acids is 1. The van der Waals surface area contributed by atoms with Crippen LogP contribution in [0.15, 0.2) is 29.2 Å². The van der Waals surface area contributed by atoms with Gasteiger partial charge in [0.25, 0.3) is 0 Å². The molecule has 18 heavy (non-hydrogen) atoms. The Labute approximate surface area is 110 Å². The summed E-state index contributed by atoms with van der Waals surface area (Å²) in [4.78, 5) is 23.4. The average molecular weight is 265 g/mol. The number of fused-ring (bicyclic) bond motifs is 1. The van der Waals surface area contributed by atoms with Crippen molar-refractivity contribution in [1.29, 1.82) is 0 Å². The lowest BCUT2D eigenvalue weighted by Crippen LogP contribution is -2.33. The third-order valence-electron chi connectivity index (χ3n) is 2.81. The summed E-state index contributed by atoms with van der Waals surface area (Å²) in [5.41, 5.74) is 1.22. The summed E-state index contributed by atoms with van der Waals surface area (Å²) < 4.78 is 0. The minimum absolute atomic E-state index is 0.00147. The van der Waals surface area contributed by atoms with Gasteiger partial charge in [-0.05, 0) is 24.5 Å². The predicted octanol–water partition coefficient (Wildman–Crippen LogP) is 1.68. The number of nitrogens with one attached hydrogen (secondary N) is 1. The number of carboxylic acids is 1. The second-order valence-electron chi connectivity index (χ2n) is 4.21. The van der Waals surface area contributed by atoms with Gasteiger partial charge < -0.3 is 10.4 Å². The molecule has 4 nitrogen and oxygen atoms in total. The van der Waals surface area contributed by atoms with E-state index in [0.717, 1.165) is 6.42 Å². The molecule has 0 aliphatic carbocycles. The molecule has 1 aliphatic heterocycles. The van der Waals surface area contributed by atoms with Gasteiger partial charge >= 0.3 is 5.97 Å². The van der Waals surface area contributed by atoms with Crippen molar-refractivity contribution >= 4 is 23.6 Å². The molecular formula is C13H15NO3S. The molecule has 0 saturated carbocycles. The fourth-order valence-corrected chi connectivity index (χ4v) is 3.11. The Balaban J connectivity index is 1.77. The number of hydrogen-bond donors (Lipinski definition) is 2. The molecule has 0 radical (unpaired) electrons. The Bertz CT molecular complexity index is 436. The monoisotopic (exact) mass is 265 g/mol. The van der Waals surface area contributed by atoms with Gasteiger partial charge in [-0.15, -0.1) is 11.8 Å². The van der Waals surface area contributed by atoms with Gasteiger partial charge in [0.2, 0.25) is 5.91 Å². The van der Waals surface area contributed by atoms with E-state index in [1.807, 2.05) is 24.3 Å². The normalized spacial score (nSPS) is 17.2. The number of hydrogen-bond acceptors (Lipinski definition) is 3. The van der Waals surface area contributed by atoms with Crippen molar-refractivity contribution < 1.29 is 14.7 Å². The van der Waals surface area contributed by atoms with Gasteiger partial charge in [-0.1, -0.05) is 18.2 Å². The maximum absolute atomic E-state index is 11.9. The van der Waals surface area contributed by atoms with E-state index in [0.29, 0.717) is 13.0 Å². The van der Waals surface area contributed by atoms with Crippen LogP contribution in [0.25, 0.3) is 0 Å². The molecule has 0 spiro atoms. The SMILES string of the molecule is O=C(O)CCCNC(=O)C1Cc2ccccc2S1. The van der Waals surface area contributed by atoms with Crippen LogP contribution in [-0.4, -0.2) is 28.8 Å². The van der Waals surface area contributed by atoms with Crippen LogP contribution in [-0.2, 0) is 16.0 Å². The fourth-order valence-electron chi connectivity index (χ4n) is 1.89. The average Bonchev–Trinajstić information content (AvgIpc) is 2.78. The lowest BCUT2D eigenvalue weighted by Gasteiger charge is -2.09. The van der Waals surface area contributed by atoms with Crippen LogP contribution in [0.2, 0.25) is 0 Å². The number of amides is 1. The molecule has 1 aliphatic rings. The molecule has 1 unspecified atom stereocenters. The second-order valence-corrected chi connectivity index (χ2v) is 5.45. The highest BCUT2D eigenvalue weighted by Crippen LogP contribution is 2.36. The summed E-state index contributed by atoms with van der Waals surface area (Å²) in [5.74, 6) is -0.825. The van der Waals surface area contributed by atoms with E-state index < -0.39 is 5.97 Å². The molecule has 5 heteroatoms. The quantitative estimate of drug-likeness (QED) is 0.795. The first-order chi connectivity index (χ1) is 8.66. The summed E-state index contributed by atoms with van der Waals surface area (Å²) in [6.45, 7) is 0.429. The van der Waals surface area contributed by atoms with Crippen LogP contribution in [0.5, 0.6) is 0 Å². The van der Waals surface area contributed by atoms with Gasteiger partial charge in [-0.3, -0.25) is 9.59 Å². The summed E-state index contributed by atoms with van der Waals surface area (Å²) in [7, 11) is 0. The smallest absolute Gasteiger partial charge is 0.303 e. The van der Waals surface area contributed by atoms with E-state index in [1.54, 1.807) is 11.8 Å². The molecule has 0 saturated heterocycles. The molecule has 0 bridgehead atoms. The van der Waals surface area contributed by atoms with E-state index in [4.69, 9.17) is 5.11 Å². The molecule has 1 amide bonds. The highest BCUT2D eigenvalue weighted by atomic mass is 32.2. The Morgan fingerprint density at radius 3 is 2.89 bits per heavy atom. The van der Waals surface area contributed by atoms with Crippen LogP contribution in [0.1, 0.15) is 18.4 Å². The maximum atomic E-state index is 11.9. The first-order valence-corrected chi connectivity index (χ1v) is 6.79. The van der Waals surface area contributed by atoms with Gasteiger partial charge in [0.05, 0.1) is 5.25 Å². The van der Waals surface area contributed by atoms with Gasteiger partial charge in [0.1, 0.15) is 0 Å². The van der Waals surface area contributed by atoms with E-state index in [2.05, 4.69) is 5.32 Å². The molecular weight excluding hydrogens is 250 g/mol. The Kier molecular flexibility index (Phi) is 4.25. The van der Waals surface area contributed by atoms with Crippen molar-refractivity contribution in [2.24, 2.45) is 0 Å². The number of carboxylic acid groups (broad SMARTS) is 1.